The van der Waals surface area contributed by atoms with Gasteiger partial charge in [0.25, 0.3) is 0 Å². The number of anilines is 2. The first kappa shape index (κ1) is 20.6. The average molecular weight is 422 g/mol. The molecule has 1 aliphatic heterocycles. The first-order valence-electron chi connectivity index (χ1n) is 10.2. The van der Waals surface area contributed by atoms with Crippen LogP contribution in [0.25, 0.3) is 5.69 Å². The van der Waals surface area contributed by atoms with E-state index in [1.807, 2.05) is 37.4 Å². The number of benzene rings is 1. The predicted molar refractivity (Wildman–Crippen MR) is 117 cm³/mol. The zero-order valence-electron chi connectivity index (χ0n) is 18.0. The summed E-state index contributed by atoms with van der Waals surface area (Å²) in [5, 5.41) is 7.74. The van der Waals surface area contributed by atoms with E-state index in [0.29, 0.717) is 18.4 Å². The lowest BCUT2D eigenvalue weighted by Crippen LogP contribution is -2.37. The third-order valence-electron chi connectivity index (χ3n) is 5.33. The maximum atomic E-state index is 12.2. The second-order valence-electron chi connectivity index (χ2n) is 7.78. The van der Waals surface area contributed by atoms with Crippen LogP contribution in [0.15, 0.2) is 48.9 Å². The van der Waals surface area contributed by atoms with Crippen molar-refractivity contribution in [2.75, 3.05) is 23.9 Å². The number of aromatic nitrogens is 4. The monoisotopic (exact) mass is 422 g/mol. The summed E-state index contributed by atoms with van der Waals surface area (Å²) in [6, 6.07) is 9.27. The van der Waals surface area contributed by atoms with Crippen LogP contribution in [0, 0.1) is 5.92 Å². The van der Waals surface area contributed by atoms with Gasteiger partial charge in [-0.15, -0.1) is 0 Å². The number of methoxy groups -OCH3 is 1. The molecule has 1 aliphatic rings. The van der Waals surface area contributed by atoms with E-state index in [9.17, 15) is 4.79 Å². The molecule has 0 unspecified atom stereocenters. The molecule has 3 heterocycles. The molecule has 9 nitrogen and oxygen atoms in total. The van der Waals surface area contributed by atoms with Crippen LogP contribution in [0.5, 0.6) is 5.75 Å². The number of nitrogens with one attached hydrogen (secondary N) is 1. The first-order valence-corrected chi connectivity index (χ1v) is 10.2. The Hall–Kier alpha value is -3.62. The standard InChI is InChI=1S/C22H26N6O3/c1-14(2)19-13-31-22(29)28(19)20-8-9-23-21(26-20)25-15(3)16-11-24-27(12-16)17-6-5-7-18(10-17)30-4/h5-12,14-15,19H,13H2,1-4H3,(H,23,25,26)/t15-,19+/m0/s1. The van der Waals surface area contributed by atoms with Crippen molar-refractivity contribution in [2.45, 2.75) is 32.9 Å². The van der Waals surface area contributed by atoms with Crippen LogP contribution in [-0.2, 0) is 4.74 Å². The zero-order chi connectivity index (χ0) is 22.0. The van der Waals surface area contributed by atoms with Crippen LogP contribution in [0.1, 0.15) is 32.4 Å². The quantitative estimate of drug-likeness (QED) is 0.618. The van der Waals surface area contributed by atoms with Crippen molar-refractivity contribution in [2.24, 2.45) is 5.92 Å². The number of ether oxygens (including phenoxy) is 2. The Morgan fingerprint density at radius 3 is 2.87 bits per heavy atom. The molecule has 162 valence electrons. The molecule has 0 spiro atoms. The van der Waals surface area contributed by atoms with Gasteiger partial charge in [0.05, 0.1) is 31.1 Å². The number of cyclic esters (lactones) is 1. The Morgan fingerprint density at radius 1 is 1.26 bits per heavy atom. The molecule has 3 aromatic rings. The van der Waals surface area contributed by atoms with Gasteiger partial charge in [-0.3, -0.25) is 4.90 Å². The van der Waals surface area contributed by atoms with Crippen molar-refractivity contribution in [3.05, 3.63) is 54.5 Å². The fourth-order valence-corrected chi connectivity index (χ4v) is 3.47. The summed E-state index contributed by atoms with van der Waals surface area (Å²) in [7, 11) is 1.64. The van der Waals surface area contributed by atoms with Crippen molar-refractivity contribution >= 4 is 17.9 Å². The molecule has 0 radical (unpaired) electrons. The van der Waals surface area contributed by atoms with Crippen LogP contribution in [0.3, 0.4) is 0 Å². The molecule has 1 amide bonds. The number of rotatable bonds is 7. The maximum absolute atomic E-state index is 12.2. The Labute approximate surface area is 181 Å². The lowest BCUT2D eigenvalue weighted by molar-refractivity contribution is 0.177. The van der Waals surface area contributed by atoms with Crippen LogP contribution in [-0.4, -0.2) is 45.6 Å². The molecule has 1 aromatic carbocycles. The Morgan fingerprint density at radius 2 is 2.10 bits per heavy atom. The molecular formula is C22H26N6O3. The number of carbonyl (C=O) groups is 1. The van der Waals surface area contributed by atoms with Gasteiger partial charge >= 0.3 is 6.09 Å². The van der Waals surface area contributed by atoms with Gasteiger partial charge in [-0.1, -0.05) is 19.9 Å². The highest BCUT2D eigenvalue weighted by atomic mass is 16.6. The summed E-state index contributed by atoms with van der Waals surface area (Å²) in [5.41, 5.74) is 1.88. The number of hydrogen-bond donors (Lipinski definition) is 1. The summed E-state index contributed by atoms with van der Waals surface area (Å²) in [6.07, 6.45) is 5.01. The van der Waals surface area contributed by atoms with E-state index in [1.54, 1.807) is 35.2 Å². The van der Waals surface area contributed by atoms with Crippen LogP contribution in [0.4, 0.5) is 16.6 Å². The summed E-state index contributed by atoms with van der Waals surface area (Å²) in [4.78, 5) is 22.7. The maximum Gasteiger partial charge on any atom is 0.415 e. The summed E-state index contributed by atoms with van der Waals surface area (Å²) in [6.45, 7) is 6.48. The Kier molecular flexibility index (Phi) is 5.75. The van der Waals surface area contributed by atoms with E-state index in [2.05, 4.69) is 34.2 Å². The number of carbonyl (C=O) groups excluding carboxylic acids is 1. The fourth-order valence-electron chi connectivity index (χ4n) is 3.47. The van der Waals surface area contributed by atoms with Gasteiger partial charge in [-0.05, 0) is 31.0 Å². The largest absolute Gasteiger partial charge is 0.497 e. The molecule has 2 aromatic heterocycles. The molecule has 9 heteroatoms. The Balaban J connectivity index is 1.51. The van der Waals surface area contributed by atoms with E-state index >= 15 is 0 Å². The Bertz CT molecular complexity index is 1070. The minimum atomic E-state index is -0.379. The average Bonchev–Trinajstić information content (AvgIpc) is 3.41. The van der Waals surface area contributed by atoms with E-state index in [0.717, 1.165) is 17.0 Å². The summed E-state index contributed by atoms with van der Waals surface area (Å²) < 4.78 is 12.3. The predicted octanol–water partition coefficient (Wildman–Crippen LogP) is 3.83. The smallest absolute Gasteiger partial charge is 0.415 e. The summed E-state index contributed by atoms with van der Waals surface area (Å²) in [5.74, 6) is 1.98. The first-order chi connectivity index (χ1) is 15.0. The highest BCUT2D eigenvalue weighted by Gasteiger charge is 2.37. The molecule has 1 N–H and O–H groups in total. The van der Waals surface area contributed by atoms with Gasteiger partial charge < -0.3 is 14.8 Å². The van der Waals surface area contributed by atoms with Gasteiger partial charge in [0, 0.05) is 24.0 Å². The van der Waals surface area contributed by atoms with Crippen molar-refractivity contribution in [1.82, 2.24) is 19.7 Å². The van der Waals surface area contributed by atoms with Gasteiger partial charge in [0.15, 0.2) is 0 Å². The topological polar surface area (TPSA) is 94.4 Å². The van der Waals surface area contributed by atoms with Crippen LogP contribution < -0.4 is 15.0 Å². The van der Waals surface area contributed by atoms with E-state index in [-0.39, 0.29) is 24.1 Å². The molecule has 4 rings (SSSR count). The second kappa shape index (κ2) is 8.63. The molecule has 1 fully saturated rings. The van der Waals surface area contributed by atoms with E-state index in [4.69, 9.17) is 9.47 Å². The zero-order valence-corrected chi connectivity index (χ0v) is 18.0. The van der Waals surface area contributed by atoms with Crippen LogP contribution >= 0.6 is 0 Å². The van der Waals surface area contributed by atoms with Crippen molar-refractivity contribution in [3.8, 4) is 11.4 Å². The molecule has 0 aliphatic carbocycles. The van der Waals surface area contributed by atoms with Crippen LogP contribution in [0.2, 0.25) is 0 Å². The third-order valence-corrected chi connectivity index (χ3v) is 5.33. The van der Waals surface area contributed by atoms with Gasteiger partial charge in [-0.2, -0.15) is 10.1 Å². The minimum Gasteiger partial charge on any atom is -0.497 e. The van der Waals surface area contributed by atoms with Gasteiger partial charge in [0.1, 0.15) is 18.2 Å². The normalized spacial score (nSPS) is 17.0. The minimum absolute atomic E-state index is 0.0474. The number of nitrogens with zero attached hydrogens (tertiary/aromatic N) is 5. The SMILES string of the molecule is COc1cccc(-n2cc([C@H](C)Nc3nccc(N4C(=O)OC[C@@H]4C(C)C)n3)cn2)c1. The van der Waals surface area contributed by atoms with Gasteiger partial charge in [-0.25, -0.2) is 14.5 Å². The number of amides is 1. The van der Waals surface area contributed by atoms with Gasteiger partial charge in [0.2, 0.25) is 5.95 Å². The number of hydrogen-bond acceptors (Lipinski definition) is 7. The highest BCUT2D eigenvalue weighted by Crippen LogP contribution is 2.27. The highest BCUT2D eigenvalue weighted by molar-refractivity contribution is 5.89. The third kappa shape index (κ3) is 4.30. The molecular weight excluding hydrogens is 396 g/mol. The van der Waals surface area contributed by atoms with Crippen molar-refractivity contribution in [1.29, 1.82) is 0 Å². The molecule has 2 atom stereocenters. The molecule has 0 bridgehead atoms. The molecule has 31 heavy (non-hydrogen) atoms. The lowest BCUT2D eigenvalue weighted by atomic mass is 10.0. The molecule has 0 saturated carbocycles. The van der Waals surface area contributed by atoms with E-state index in [1.165, 1.54) is 0 Å². The van der Waals surface area contributed by atoms with Crippen molar-refractivity contribution in [3.63, 3.8) is 0 Å². The van der Waals surface area contributed by atoms with E-state index < -0.39 is 0 Å². The fraction of sp³-hybridized carbons (Fsp3) is 0.364. The molecule has 1 saturated heterocycles. The van der Waals surface area contributed by atoms with Crippen molar-refractivity contribution < 1.29 is 14.3 Å². The second-order valence-corrected chi connectivity index (χ2v) is 7.78. The summed E-state index contributed by atoms with van der Waals surface area (Å²) >= 11 is 0. The lowest BCUT2D eigenvalue weighted by Gasteiger charge is -2.23.